The van der Waals surface area contributed by atoms with Crippen molar-refractivity contribution < 1.29 is 9.66 Å². The summed E-state index contributed by atoms with van der Waals surface area (Å²) in [6.45, 7) is 7.73. The Balaban J connectivity index is 0.000000956. The number of hydrogen-bond donors (Lipinski definition) is 0. The molecule has 0 N–H and O–H groups in total. The number of nitro groups is 1. The van der Waals surface area contributed by atoms with Crippen molar-refractivity contribution in [2.75, 3.05) is 26.2 Å². The first-order valence-electron chi connectivity index (χ1n) is 7.21. The average Bonchev–Trinajstić information content (AvgIpc) is 2.51. The topological polar surface area (TPSA) is 68.5 Å². The number of hydrogen-bond acceptors (Lipinski definition) is 5. The lowest BCUT2D eigenvalue weighted by Gasteiger charge is -2.25. The second-order valence-corrected chi connectivity index (χ2v) is 4.36. The largest absolute Gasteiger partial charge is 0.476 e. The zero-order valence-corrected chi connectivity index (χ0v) is 12.2. The smallest absolute Gasteiger partial charge is 0.287 e. The van der Waals surface area contributed by atoms with Crippen LogP contribution in [0.15, 0.2) is 18.3 Å². The van der Waals surface area contributed by atoms with Gasteiger partial charge < -0.3 is 4.74 Å². The molecule has 6 nitrogen and oxygen atoms in total. The molecular formula is C14H23N3O3. The van der Waals surface area contributed by atoms with Gasteiger partial charge in [-0.1, -0.05) is 20.3 Å². The number of likely N-dealkylation sites (tertiary alicyclic amines) is 1. The molecule has 6 heteroatoms. The van der Waals surface area contributed by atoms with Crippen LogP contribution in [0.3, 0.4) is 0 Å². The van der Waals surface area contributed by atoms with Gasteiger partial charge in [-0.05, 0) is 25.9 Å². The lowest BCUT2D eigenvalue weighted by molar-refractivity contribution is -0.385. The van der Waals surface area contributed by atoms with Crippen molar-refractivity contribution in [1.82, 2.24) is 9.88 Å². The van der Waals surface area contributed by atoms with E-state index in [4.69, 9.17) is 4.74 Å². The first-order chi connectivity index (χ1) is 9.75. The Morgan fingerprint density at radius 2 is 2.00 bits per heavy atom. The van der Waals surface area contributed by atoms with Crippen LogP contribution in [0.5, 0.6) is 5.88 Å². The first kappa shape index (κ1) is 16.4. The van der Waals surface area contributed by atoms with Gasteiger partial charge in [0.25, 0.3) is 5.69 Å². The van der Waals surface area contributed by atoms with Crippen molar-refractivity contribution in [2.24, 2.45) is 0 Å². The van der Waals surface area contributed by atoms with E-state index >= 15 is 0 Å². The SMILES string of the molecule is CC.O=[N+]([O-])c1ccc(OCCN2CCCCC2)nc1. The fourth-order valence-corrected chi connectivity index (χ4v) is 2.03. The minimum Gasteiger partial charge on any atom is -0.476 e. The summed E-state index contributed by atoms with van der Waals surface area (Å²) in [5, 5.41) is 10.5. The molecule has 2 rings (SSSR count). The fraction of sp³-hybridized carbons (Fsp3) is 0.643. The van der Waals surface area contributed by atoms with Crippen LogP contribution in [-0.4, -0.2) is 41.0 Å². The van der Waals surface area contributed by atoms with Crippen LogP contribution in [0.4, 0.5) is 5.69 Å². The van der Waals surface area contributed by atoms with Crippen LogP contribution in [0.25, 0.3) is 0 Å². The molecule has 112 valence electrons. The molecule has 1 aliphatic heterocycles. The Morgan fingerprint density at radius 1 is 1.30 bits per heavy atom. The number of nitrogens with zero attached hydrogens (tertiary/aromatic N) is 3. The van der Waals surface area contributed by atoms with Gasteiger partial charge in [0.1, 0.15) is 12.8 Å². The van der Waals surface area contributed by atoms with Crippen molar-refractivity contribution in [2.45, 2.75) is 33.1 Å². The minimum atomic E-state index is -0.468. The number of pyridine rings is 1. The second kappa shape index (κ2) is 9.25. The van der Waals surface area contributed by atoms with Crippen molar-refractivity contribution in [3.05, 3.63) is 28.4 Å². The zero-order valence-electron chi connectivity index (χ0n) is 12.2. The normalized spacial score (nSPS) is 15.1. The van der Waals surface area contributed by atoms with Crippen molar-refractivity contribution in [1.29, 1.82) is 0 Å². The number of aromatic nitrogens is 1. The molecule has 1 fully saturated rings. The average molecular weight is 281 g/mol. The Kier molecular flexibility index (Phi) is 7.57. The summed E-state index contributed by atoms with van der Waals surface area (Å²) in [4.78, 5) is 16.3. The predicted octanol–water partition coefficient (Wildman–Crippen LogP) is 2.88. The molecule has 0 unspecified atom stereocenters. The van der Waals surface area contributed by atoms with Crippen LogP contribution >= 0.6 is 0 Å². The van der Waals surface area contributed by atoms with Gasteiger partial charge >= 0.3 is 0 Å². The predicted molar refractivity (Wildman–Crippen MR) is 78.0 cm³/mol. The fourth-order valence-electron chi connectivity index (χ4n) is 2.03. The summed E-state index contributed by atoms with van der Waals surface area (Å²) in [6, 6.07) is 2.94. The van der Waals surface area contributed by atoms with Crippen LogP contribution in [0.1, 0.15) is 33.1 Å². The Morgan fingerprint density at radius 3 is 2.55 bits per heavy atom. The maximum atomic E-state index is 10.5. The van der Waals surface area contributed by atoms with Gasteiger partial charge in [-0.25, -0.2) is 4.98 Å². The third kappa shape index (κ3) is 5.52. The molecule has 1 aliphatic rings. The Hall–Kier alpha value is -1.69. The standard InChI is InChI=1S/C12H17N3O3.C2H6/c16-15(17)11-4-5-12(13-10-11)18-9-8-14-6-2-1-3-7-14;1-2/h4-5,10H,1-3,6-9H2;1-2H3. The van der Waals surface area contributed by atoms with E-state index < -0.39 is 4.92 Å². The lowest BCUT2D eigenvalue weighted by atomic mass is 10.1. The molecule has 0 bridgehead atoms. The number of ether oxygens (including phenoxy) is 1. The quantitative estimate of drug-likeness (QED) is 0.613. The summed E-state index contributed by atoms with van der Waals surface area (Å²) in [5.74, 6) is 0.442. The van der Waals surface area contributed by atoms with Gasteiger partial charge in [0, 0.05) is 18.7 Å². The molecule has 2 heterocycles. The van der Waals surface area contributed by atoms with Crippen LogP contribution in [0, 0.1) is 10.1 Å². The molecule has 0 spiro atoms. The van der Waals surface area contributed by atoms with E-state index in [2.05, 4.69) is 9.88 Å². The van der Waals surface area contributed by atoms with E-state index in [1.54, 1.807) is 0 Å². The summed E-state index contributed by atoms with van der Waals surface area (Å²) in [5.41, 5.74) is -0.0154. The molecule has 20 heavy (non-hydrogen) atoms. The molecule has 0 aliphatic carbocycles. The summed E-state index contributed by atoms with van der Waals surface area (Å²) >= 11 is 0. The van der Waals surface area contributed by atoms with E-state index in [-0.39, 0.29) is 5.69 Å². The minimum absolute atomic E-state index is 0.0154. The van der Waals surface area contributed by atoms with Crippen LogP contribution in [-0.2, 0) is 0 Å². The summed E-state index contributed by atoms with van der Waals surface area (Å²) in [7, 11) is 0. The lowest BCUT2D eigenvalue weighted by Crippen LogP contribution is -2.33. The molecule has 0 radical (unpaired) electrons. The van der Waals surface area contributed by atoms with E-state index in [0.717, 1.165) is 19.6 Å². The molecule has 0 aromatic carbocycles. The number of rotatable bonds is 5. The van der Waals surface area contributed by atoms with E-state index in [1.807, 2.05) is 13.8 Å². The number of piperidine rings is 1. The van der Waals surface area contributed by atoms with E-state index in [0.29, 0.717) is 12.5 Å². The van der Waals surface area contributed by atoms with Gasteiger partial charge in [-0.2, -0.15) is 0 Å². The monoisotopic (exact) mass is 281 g/mol. The van der Waals surface area contributed by atoms with Gasteiger partial charge in [-0.15, -0.1) is 0 Å². The van der Waals surface area contributed by atoms with Gasteiger partial charge in [0.2, 0.25) is 5.88 Å². The highest BCUT2D eigenvalue weighted by Crippen LogP contribution is 2.13. The Labute approximate surface area is 119 Å². The molecule has 0 atom stereocenters. The van der Waals surface area contributed by atoms with E-state index in [1.165, 1.54) is 37.6 Å². The van der Waals surface area contributed by atoms with Crippen LogP contribution in [0.2, 0.25) is 0 Å². The first-order valence-corrected chi connectivity index (χ1v) is 7.21. The van der Waals surface area contributed by atoms with Crippen LogP contribution < -0.4 is 4.74 Å². The molecule has 0 saturated carbocycles. The highest BCUT2D eigenvalue weighted by Gasteiger charge is 2.10. The highest BCUT2D eigenvalue weighted by atomic mass is 16.6. The maximum absolute atomic E-state index is 10.5. The van der Waals surface area contributed by atoms with Gasteiger partial charge in [0.15, 0.2) is 0 Å². The van der Waals surface area contributed by atoms with Crippen molar-refractivity contribution >= 4 is 5.69 Å². The molecule has 1 saturated heterocycles. The van der Waals surface area contributed by atoms with Gasteiger partial charge in [-0.3, -0.25) is 15.0 Å². The molecule has 1 aromatic heterocycles. The third-order valence-corrected chi connectivity index (χ3v) is 3.04. The highest BCUT2D eigenvalue weighted by molar-refractivity contribution is 5.28. The second-order valence-electron chi connectivity index (χ2n) is 4.36. The Bertz CT molecular complexity index is 389. The van der Waals surface area contributed by atoms with Gasteiger partial charge in [0.05, 0.1) is 4.92 Å². The molecule has 1 aromatic rings. The third-order valence-electron chi connectivity index (χ3n) is 3.04. The molecule has 0 amide bonds. The molecular weight excluding hydrogens is 258 g/mol. The summed E-state index contributed by atoms with van der Waals surface area (Å²) in [6.07, 6.45) is 5.06. The maximum Gasteiger partial charge on any atom is 0.287 e. The summed E-state index contributed by atoms with van der Waals surface area (Å²) < 4.78 is 5.47. The van der Waals surface area contributed by atoms with Crippen molar-refractivity contribution in [3.8, 4) is 5.88 Å². The van der Waals surface area contributed by atoms with Crippen molar-refractivity contribution in [3.63, 3.8) is 0 Å². The van der Waals surface area contributed by atoms with E-state index in [9.17, 15) is 10.1 Å². The zero-order chi connectivity index (χ0) is 14.8.